The van der Waals surface area contributed by atoms with Crippen LogP contribution in [0, 0.1) is 5.41 Å². The van der Waals surface area contributed by atoms with Crippen molar-refractivity contribution in [2.75, 3.05) is 26.2 Å². The van der Waals surface area contributed by atoms with Gasteiger partial charge in [-0.25, -0.2) is 0 Å². The van der Waals surface area contributed by atoms with Crippen molar-refractivity contribution >= 4 is 11.3 Å². The normalized spacial score (nSPS) is 21.3. The highest BCUT2D eigenvalue weighted by Gasteiger charge is 2.29. The Labute approximate surface area is 113 Å². The minimum absolute atomic E-state index is 0.376. The van der Waals surface area contributed by atoms with Gasteiger partial charge in [0.1, 0.15) is 0 Å². The van der Waals surface area contributed by atoms with Crippen LogP contribution in [0.5, 0.6) is 0 Å². The number of nitrogens with zero attached hydrogens (tertiary/aromatic N) is 1. The van der Waals surface area contributed by atoms with Crippen molar-refractivity contribution in [3.8, 4) is 0 Å². The number of aliphatic hydroxyl groups is 1. The lowest BCUT2D eigenvalue weighted by atomic mass is 9.93. The Hall–Kier alpha value is -0.420. The van der Waals surface area contributed by atoms with Crippen LogP contribution in [0.25, 0.3) is 0 Å². The molecular formula is C14H23NO2S. The fourth-order valence-corrected chi connectivity index (χ4v) is 3.06. The van der Waals surface area contributed by atoms with Crippen molar-refractivity contribution in [1.29, 1.82) is 0 Å². The summed E-state index contributed by atoms with van der Waals surface area (Å²) in [6.07, 6.45) is 0.842. The zero-order chi connectivity index (χ0) is 13.0. The molecule has 0 aromatic carbocycles. The molecule has 1 aromatic heterocycles. The van der Waals surface area contributed by atoms with E-state index in [1.807, 2.05) is 11.4 Å². The second-order valence-corrected chi connectivity index (χ2v) is 6.93. The van der Waals surface area contributed by atoms with Gasteiger partial charge in [0.15, 0.2) is 0 Å². The number of hydrogen-bond acceptors (Lipinski definition) is 4. The van der Waals surface area contributed by atoms with Gasteiger partial charge in [0.05, 0.1) is 19.3 Å². The molecule has 1 saturated heterocycles. The van der Waals surface area contributed by atoms with Gasteiger partial charge >= 0.3 is 0 Å². The number of thiophene rings is 1. The Morgan fingerprint density at radius 2 is 2.39 bits per heavy atom. The summed E-state index contributed by atoms with van der Waals surface area (Å²) in [5.41, 5.74) is 0.400. The van der Waals surface area contributed by atoms with Crippen LogP contribution in [0.2, 0.25) is 0 Å². The van der Waals surface area contributed by atoms with E-state index in [2.05, 4.69) is 24.8 Å². The first-order chi connectivity index (χ1) is 8.55. The zero-order valence-corrected chi connectivity index (χ0v) is 12.1. The van der Waals surface area contributed by atoms with E-state index in [4.69, 9.17) is 4.74 Å². The largest absolute Gasteiger partial charge is 0.389 e. The molecule has 102 valence electrons. The predicted molar refractivity (Wildman–Crippen MR) is 74.8 cm³/mol. The number of hydrogen-bond donors (Lipinski definition) is 1. The molecule has 2 heterocycles. The molecule has 0 saturated carbocycles. The first kappa shape index (κ1) is 14.0. The molecule has 0 spiro atoms. The molecule has 0 bridgehead atoms. The Balaban J connectivity index is 1.62. The number of β-amino-alcohol motifs (C(OH)–C–C–N with tert-alkyl or cyclic N) is 1. The third kappa shape index (κ3) is 4.35. The minimum Gasteiger partial charge on any atom is -0.389 e. The average Bonchev–Trinajstić information content (AvgIpc) is 2.88. The lowest BCUT2D eigenvalue weighted by Gasteiger charge is -2.22. The Bertz CT molecular complexity index is 351. The van der Waals surface area contributed by atoms with Crippen LogP contribution < -0.4 is 0 Å². The Morgan fingerprint density at radius 3 is 3.00 bits per heavy atom. The summed E-state index contributed by atoms with van der Waals surface area (Å²) in [7, 11) is 0. The second kappa shape index (κ2) is 6.15. The topological polar surface area (TPSA) is 32.7 Å². The van der Waals surface area contributed by atoms with Crippen LogP contribution in [0.15, 0.2) is 17.5 Å². The van der Waals surface area contributed by atoms with Crippen LogP contribution in [0.3, 0.4) is 0 Å². The molecule has 1 aromatic rings. The van der Waals surface area contributed by atoms with Gasteiger partial charge in [-0.1, -0.05) is 19.9 Å². The van der Waals surface area contributed by atoms with E-state index in [0.29, 0.717) is 18.6 Å². The number of aliphatic hydroxyl groups excluding tert-OH is 1. The van der Waals surface area contributed by atoms with Gasteiger partial charge in [-0.05, 0) is 29.8 Å². The monoisotopic (exact) mass is 269 g/mol. The number of ether oxygens (including phenoxy) is 1. The van der Waals surface area contributed by atoms with Crippen molar-refractivity contribution in [1.82, 2.24) is 4.90 Å². The molecule has 2 rings (SSSR count). The molecule has 1 N–H and O–H groups in total. The molecule has 0 amide bonds. The van der Waals surface area contributed by atoms with Gasteiger partial charge in [-0.3, -0.25) is 0 Å². The first-order valence-electron chi connectivity index (χ1n) is 6.56. The van der Waals surface area contributed by atoms with Gasteiger partial charge in [0.25, 0.3) is 0 Å². The summed E-state index contributed by atoms with van der Waals surface area (Å²) in [5, 5.41) is 12.0. The van der Waals surface area contributed by atoms with Crippen molar-refractivity contribution < 1.29 is 9.84 Å². The molecule has 1 atom stereocenters. The van der Waals surface area contributed by atoms with E-state index in [1.165, 1.54) is 11.3 Å². The van der Waals surface area contributed by atoms with E-state index in [-0.39, 0.29) is 6.10 Å². The number of rotatable bonds is 6. The highest BCUT2D eigenvalue weighted by molar-refractivity contribution is 7.09. The summed E-state index contributed by atoms with van der Waals surface area (Å²) < 4.78 is 5.54. The SMILES string of the molecule is CC1(C)CCN(CC(O)COCc2cccs2)C1. The average molecular weight is 269 g/mol. The molecule has 18 heavy (non-hydrogen) atoms. The van der Waals surface area contributed by atoms with Crippen molar-refractivity contribution in [3.05, 3.63) is 22.4 Å². The van der Waals surface area contributed by atoms with Crippen LogP contribution in [-0.4, -0.2) is 42.4 Å². The van der Waals surface area contributed by atoms with Gasteiger partial charge in [0, 0.05) is 18.0 Å². The predicted octanol–water partition coefficient (Wildman–Crippen LogP) is 2.36. The molecule has 1 aliphatic rings. The highest BCUT2D eigenvalue weighted by Crippen LogP contribution is 2.28. The Kier molecular flexibility index (Phi) is 4.78. The first-order valence-corrected chi connectivity index (χ1v) is 7.44. The fourth-order valence-electron chi connectivity index (χ4n) is 2.42. The van der Waals surface area contributed by atoms with Gasteiger partial charge in [0.2, 0.25) is 0 Å². The fraction of sp³-hybridized carbons (Fsp3) is 0.714. The van der Waals surface area contributed by atoms with Crippen molar-refractivity contribution in [3.63, 3.8) is 0 Å². The molecule has 3 nitrogen and oxygen atoms in total. The van der Waals surface area contributed by atoms with Gasteiger partial charge < -0.3 is 14.7 Å². The molecular weight excluding hydrogens is 246 g/mol. The van der Waals surface area contributed by atoms with E-state index in [1.54, 1.807) is 11.3 Å². The third-order valence-electron chi connectivity index (χ3n) is 3.36. The summed E-state index contributed by atoms with van der Waals surface area (Å²) >= 11 is 1.69. The van der Waals surface area contributed by atoms with Crippen LogP contribution in [0.1, 0.15) is 25.1 Å². The van der Waals surface area contributed by atoms with E-state index < -0.39 is 0 Å². The minimum atomic E-state index is -0.376. The lowest BCUT2D eigenvalue weighted by Crippen LogP contribution is -2.34. The molecule has 4 heteroatoms. The summed E-state index contributed by atoms with van der Waals surface area (Å²) in [4.78, 5) is 3.55. The van der Waals surface area contributed by atoms with Crippen LogP contribution in [0.4, 0.5) is 0 Å². The maximum Gasteiger partial charge on any atom is 0.0900 e. The second-order valence-electron chi connectivity index (χ2n) is 5.90. The maximum atomic E-state index is 9.95. The zero-order valence-electron chi connectivity index (χ0n) is 11.3. The maximum absolute atomic E-state index is 9.95. The van der Waals surface area contributed by atoms with Crippen LogP contribution >= 0.6 is 11.3 Å². The van der Waals surface area contributed by atoms with E-state index in [0.717, 1.165) is 19.6 Å². The molecule has 1 fully saturated rings. The van der Waals surface area contributed by atoms with Gasteiger partial charge in [-0.2, -0.15) is 0 Å². The molecule has 0 radical (unpaired) electrons. The Morgan fingerprint density at radius 1 is 1.56 bits per heavy atom. The van der Waals surface area contributed by atoms with E-state index in [9.17, 15) is 5.11 Å². The van der Waals surface area contributed by atoms with Crippen molar-refractivity contribution in [2.24, 2.45) is 5.41 Å². The summed E-state index contributed by atoms with van der Waals surface area (Å²) in [6.45, 7) is 8.51. The molecule has 0 aliphatic carbocycles. The highest BCUT2D eigenvalue weighted by atomic mass is 32.1. The van der Waals surface area contributed by atoms with E-state index >= 15 is 0 Å². The summed E-state index contributed by atoms with van der Waals surface area (Å²) in [6, 6.07) is 4.08. The third-order valence-corrected chi connectivity index (χ3v) is 4.21. The summed E-state index contributed by atoms with van der Waals surface area (Å²) in [5.74, 6) is 0. The van der Waals surface area contributed by atoms with Gasteiger partial charge in [-0.15, -0.1) is 11.3 Å². The molecule has 1 unspecified atom stereocenters. The standard InChI is InChI=1S/C14H23NO2S/c1-14(2)5-6-15(11-14)8-12(16)9-17-10-13-4-3-7-18-13/h3-4,7,12,16H,5-6,8-11H2,1-2H3. The smallest absolute Gasteiger partial charge is 0.0900 e. The van der Waals surface area contributed by atoms with Crippen molar-refractivity contribution in [2.45, 2.75) is 33.0 Å². The number of likely N-dealkylation sites (tertiary alicyclic amines) is 1. The quantitative estimate of drug-likeness (QED) is 0.860. The van der Waals surface area contributed by atoms with Crippen LogP contribution in [-0.2, 0) is 11.3 Å². The lowest BCUT2D eigenvalue weighted by molar-refractivity contribution is 0.0130. The molecule has 1 aliphatic heterocycles.